The van der Waals surface area contributed by atoms with Crippen LogP contribution in [0.5, 0.6) is 0 Å². The molecule has 0 N–H and O–H groups in total. The average molecular weight is 288 g/mol. The lowest BCUT2D eigenvalue weighted by Gasteiger charge is -2.16. The number of carbonyl (C=O) groups is 1. The minimum absolute atomic E-state index is 0.0699. The van der Waals surface area contributed by atoms with Crippen LogP contribution in [0.15, 0.2) is 30.4 Å². The molecule has 0 aliphatic rings. The number of carbonyl (C=O) groups excluding carboxylic acids is 1. The van der Waals surface area contributed by atoms with E-state index in [4.69, 9.17) is 4.84 Å². The topological polar surface area (TPSA) is 60.2 Å². The van der Waals surface area contributed by atoms with E-state index in [0.29, 0.717) is 5.56 Å². The minimum Gasteiger partial charge on any atom is -0.274 e. The Labute approximate surface area is 123 Å². The molecule has 6 heteroatoms. The summed E-state index contributed by atoms with van der Waals surface area (Å²) in [5, 5.41) is 9.54. The average Bonchev–Trinajstić information content (AvgIpc) is 2.89. The van der Waals surface area contributed by atoms with E-state index >= 15 is 0 Å². The number of rotatable bonds is 5. The van der Waals surface area contributed by atoms with Gasteiger partial charge in [0.25, 0.3) is 5.91 Å². The van der Waals surface area contributed by atoms with Gasteiger partial charge in [-0.2, -0.15) is 0 Å². The maximum absolute atomic E-state index is 12.2. The summed E-state index contributed by atoms with van der Waals surface area (Å²) in [5.74, 6) is -0.212. The molecule has 0 saturated heterocycles. The lowest BCUT2D eigenvalue weighted by Crippen LogP contribution is -2.25. The molecular formula is C15H20N4O2. The molecule has 1 amide bonds. The fraction of sp³-hybridized carbons (Fsp3) is 0.400. The molecule has 0 spiro atoms. The Balaban J connectivity index is 2.51. The molecule has 6 nitrogen and oxygen atoms in total. The van der Waals surface area contributed by atoms with Gasteiger partial charge in [0.15, 0.2) is 0 Å². The molecule has 112 valence electrons. The van der Waals surface area contributed by atoms with E-state index in [9.17, 15) is 4.79 Å². The highest BCUT2D eigenvalue weighted by Crippen LogP contribution is 2.24. The van der Waals surface area contributed by atoms with E-state index in [1.807, 2.05) is 11.6 Å². The first-order chi connectivity index (χ1) is 9.99. The summed E-state index contributed by atoms with van der Waals surface area (Å²) in [6.45, 7) is 8.04. The van der Waals surface area contributed by atoms with E-state index in [1.165, 1.54) is 12.2 Å². The standard InChI is InChI=1S/C15H20N4O2/c1-6-13(10(2)3)19-14-9-11(15(20)18(4)21-5)7-8-12(14)16-17-19/h7-9,13H,2,6H2,1,3-5H3. The second-order valence-corrected chi connectivity index (χ2v) is 4.99. The smallest absolute Gasteiger partial charge is 0.274 e. The second-order valence-electron chi connectivity index (χ2n) is 4.99. The Morgan fingerprint density at radius 2 is 2.24 bits per heavy atom. The Hall–Kier alpha value is -2.21. The zero-order valence-electron chi connectivity index (χ0n) is 12.8. The van der Waals surface area contributed by atoms with Crippen LogP contribution >= 0.6 is 0 Å². The minimum atomic E-state index is -0.212. The monoisotopic (exact) mass is 288 g/mol. The van der Waals surface area contributed by atoms with Crippen LogP contribution in [0.4, 0.5) is 0 Å². The van der Waals surface area contributed by atoms with Gasteiger partial charge in [0.2, 0.25) is 0 Å². The molecule has 2 rings (SSSR count). The maximum atomic E-state index is 12.2. The van der Waals surface area contributed by atoms with Gasteiger partial charge in [-0.15, -0.1) is 5.10 Å². The highest BCUT2D eigenvalue weighted by Gasteiger charge is 2.17. The Morgan fingerprint density at radius 3 is 2.81 bits per heavy atom. The number of fused-ring (bicyclic) bond motifs is 1. The molecule has 21 heavy (non-hydrogen) atoms. The zero-order valence-corrected chi connectivity index (χ0v) is 12.8. The lowest BCUT2D eigenvalue weighted by molar-refractivity contribution is -0.0756. The van der Waals surface area contributed by atoms with Crippen molar-refractivity contribution in [1.82, 2.24) is 20.1 Å². The molecule has 0 saturated carbocycles. The molecule has 1 heterocycles. The third-order valence-corrected chi connectivity index (χ3v) is 3.53. The quantitative estimate of drug-likeness (QED) is 0.627. The van der Waals surface area contributed by atoms with Gasteiger partial charge in [0, 0.05) is 12.6 Å². The maximum Gasteiger partial charge on any atom is 0.277 e. The number of hydrogen-bond donors (Lipinski definition) is 0. The van der Waals surface area contributed by atoms with Crippen molar-refractivity contribution < 1.29 is 9.63 Å². The van der Waals surface area contributed by atoms with Crippen molar-refractivity contribution in [3.8, 4) is 0 Å². The van der Waals surface area contributed by atoms with Crippen LogP contribution < -0.4 is 0 Å². The number of nitrogens with zero attached hydrogens (tertiary/aromatic N) is 4. The SMILES string of the molecule is C=C(C)C(CC)n1nnc2ccc(C(=O)N(C)OC)cc21. The predicted molar refractivity (Wildman–Crippen MR) is 80.8 cm³/mol. The van der Waals surface area contributed by atoms with Crippen LogP contribution in [0, 0.1) is 0 Å². The first-order valence-electron chi connectivity index (χ1n) is 6.82. The van der Waals surface area contributed by atoms with E-state index in [-0.39, 0.29) is 11.9 Å². The van der Waals surface area contributed by atoms with Crippen LogP contribution in [0.1, 0.15) is 36.7 Å². The van der Waals surface area contributed by atoms with Crippen molar-refractivity contribution in [3.63, 3.8) is 0 Å². The van der Waals surface area contributed by atoms with Crippen molar-refractivity contribution >= 4 is 16.9 Å². The molecule has 0 bridgehead atoms. The molecule has 1 aromatic carbocycles. The van der Waals surface area contributed by atoms with Crippen molar-refractivity contribution in [2.75, 3.05) is 14.2 Å². The molecule has 1 aromatic heterocycles. The molecule has 0 aliphatic carbocycles. The van der Waals surface area contributed by atoms with E-state index in [2.05, 4.69) is 23.8 Å². The summed E-state index contributed by atoms with van der Waals surface area (Å²) >= 11 is 0. The van der Waals surface area contributed by atoms with Crippen LogP contribution in [0.2, 0.25) is 0 Å². The van der Waals surface area contributed by atoms with Gasteiger partial charge in [0.1, 0.15) is 5.52 Å². The summed E-state index contributed by atoms with van der Waals surface area (Å²) in [6, 6.07) is 5.38. The lowest BCUT2D eigenvalue weighted by atomic mass is 10.1. The summed E-state index contributed by atoms with van der Waals surface area (Å²) in [6.07, 6.45) is 0.865. The summed E-state index contributed by atoms with van der Waals surface area (Å²) in [5.41, 5.74) is 3.12. The first kappa shape index (κ1) is 15.2. The van der Waals surface area contributed by atoms with Crippen LogP contribution in [-0.4, -0.2) is 40.1 Å². The number of amides is 1. The van der Waals surface area contributed by atoms with Crippen molar-refractivity contribution in [1.29, 1.82) is 0 Å². The van der Waals surface area contributed by atoms with Gasteiger partial charge < -0.3 is 0 Å². The number of hydroxylamine groups is 2. The summed E-state index contributed by atoms with van der Waals surface area (Å²) in [7, 11) is 3.03. The normalized spacial score (nSPS) is 12.4. The third-order valence-electron chi connectivity index (χ3n) is 3.53. The Bertz CT molecular complexity index is 677. The predicted octanol–water partition coefficient (Wildman–Crippen LogP) is 2.59. The van der Waals surface area contributed by atoms with Crippen molar-refractivity contribution in [2.45, 2.75) is 26.3 Å². The van der Waals surface area contributed by atoms with Gasteiger partial charge in [-0.25, -0.2) is 9.75 Å². The first-order valence-corrected chi connectivity index (χ1v) is 6.82. The number of hydrogen-bond acceptors (Lipinski definition) is 4. The van der Waals surface area contributed by atoms with E-state index < -0.39 is 0 Å². The van der Waals surface area contributed by atoms with Gasteiger partial charge in [-0.1, -0.05) is 24.3 Å². The van der Waals surface area contributed by atoms with Gasteiger partial charge in [-0.05, 0) is 31.5 Å². The van der Waals surface area contributed by atoms with Crippen molar-refractivity contribution in [3.05, 3.63) is 35.9 Å². The molecule has 1 unspecified atom stereocenters. The fourth-order valence-electron chi connectivity index (χ4n) is 2.29. The van der Waals surface area contributed by atoms with Crippen LogP contribution in [0.3, 0.4) is 0 Å². The largest absolute Gasteiger partial charge is 0.277 e. The third kappa shape index (κ3) is 2.80. The van der Waals surface area contributed by atoms with Gasteiger partial charge >= 0.3 is 0 Å². The number of aromatic nitrogens is 3. The Morgan fingerprint density at radius 1 is 1.52 bits per heavy atom. The molecule has 0 radical (unpaired) electrons. The number of benzene rings is 1. The molecule has 1 atom stereocenters. The fourth-order valence-corrected chi connectivity index (χ4v) is 2.29. The van der Waals surface area contributed by atoms with Crippen LogP contribution in [0.25, 0.3) is 11.0 Å². The highest BCUT2D eigenvalue weighted by molar-refractivity contribution is 5.96. The number of allylic oxidation sites excluding steroid dienone is 1. The Kier molecular flexibility index (Phi) is 4.37. The second kappa shape index (κ2) is 6.05. The molecular weight excluding hydrogens is 268 g/mol. The van der Waals surface area contributed by atoms with Crippen molar-refractivity contribution in [2.24, 2.45) is 0 Å². The van der Waals surface area contributed by atoms with Gasteiger partial charge in [0.05, 0.1) is 18.7 Å². The van der Waals surface area contributed by atoms with E-state index in [1.54, 1.807) is 25.2 Å². The molecule has 2 aromatic rings. The molecule has 0 aliphatic heterocycles. The highest BCUT2D eigenvalue weighted by atomic mass is 16.7. The summed E-state index contributed by atoms with van der Waals surface area (Å²) < 4.78 is 1.82. The van der Waals surface area contributed by atoms with Crippen LogP contribution in [-0.2, 0) is 4.84 Å². The summed E-state index contributed by atoms with van der Waals surface area (Å²) in [4.78, 5) is 17.1. The zero-order chi connectivity index (χ0) is 15.6. The van der Waals surface area contributed by atoms with E-state index in [0.717, 1.165) is 23.0 Å². The molecule has 0 fully saturated rings. The van der Waals surface area contributed by atoms with Gasteiger partial charge in [-0.3, -0.25) is 9.63 Å².